The maximum atomic E-state index is 14.5. The van der Waals surface area contributed by atoms with Crippen molar-refractivity contribution in [3.05, 3.63) is 59.4 Å². The molecule has 3 atom stereocenters. The molecule has 0 N–H and O–H groups in total. The second kappa shape index (κ2) is 9.54. The highest BCUT2D eigenvalue weighted by molar-refractivity contribution is 8.00. The molecule has 2 aromatic heterocycles. The second-order valence-electron chi connectivity index (χ2n) is 9.23. The largest absolute Gasteiger partial charge is 0.372 e. The summed E-state index contributed by atoms with van der Waals surface area (Å²) >= 11 is 1.29. The first-order valence-corrected chi connectivity index (χ1v) is 12.7. The molecule has 1 aliphatic rings. The van der Waals surface area contributed by atoms with E-state index in [0.717, 1.165) is 16.5 Å². The number of hydrogen-bond acceptors (Lipinski definition) is 6. The number of morpholine rings is 1. The molecule has 5 rings (SSSR count). The van der Waals surface area contributed by atoms with E-state index in [-0.39, 0.29) is 29.2 Å². The number of amides is 1. The van der Waals surface area contributed by atoms with Crippen LogP contribution in [0, 0.1) is 12.7 Å². The predicted octanol–water partition coefficient (Wildman–Crippen LogP) is 4.59. The van der Waals surface area contributed by atoms with Crippen LogP contribution in [0.5, 0.6) is 0 Å². The molecule has 1 aliphatic heterocycles. The highest BCUT2D eigenvalue weighted by Gasteiger charge is 2.30. The zero-order valence-electron chi connectivity index (χ0n) is 20.2. The van der Waals surface area contributed by atoms with Crippen molar-refractivity contribution in [1.82, 2.24) is 24.6 Å². The highest BCUT2D eigenvalue weighted by Crippen LogP contribution is 2.30. The third-order valence-electron chi connectivity index (χ3n) is 6.25. The van der Waals surface area contributed by atoms with Gasteiger partial charge in [-0.05, 0) is 45.9 Å². The van der Waals surface area contributed by atoms with Gasteiger partial charge in [0.1, 0.15) is 11.3 Å². The van der Waals surface area contributed by atoms with Crippen LogP contribution in [0.3, 0.4) is 0 Å². The Hall–Kier alpha value is -3.04. The smallest absolute Gasteiger partial charge is 0.236 e. The van der Waals surface area contributed by atoms with Crippen molar-refractivity contribution in [2.75, 3.05) is 13.1 Å². The first-order chi connectivity index (χ1) is 16.8. The summed E-state index contributed by atoms with van der Waals surface area (Å²) < 4.78 is 22.2. The zero-order chi connectivity index (χ0) is 24.7. The van der Waals surface area contributed by atoms with Gasteiger partial charge in [-0.3, -0.25) is 4.79 Å². The van der Waals surface area contributed by atoms with Crippen molar-refractivity contribution in [2.45, 2.75) is 56.9 Å². The van der Waals surface area contributed by atoms with Gasteiger partial charge in [-0.2, -0.15) is 0 Å². The lowest BCUT2D eigenvalue weighted by molar-refractivity contribution is -0.142. The van der Waals surface area contributed by atoms with E-state index in [4.69, 9.17) is 9.72 Å². The fourth-order valence-corrected chi connectivity index (χ4v) is 5.48. The summed E-state index contributed by atoms with van der Waals surface area (Å²) in [6, 6.07) is 12.8. The molecular formula is C26H28FN5O2S. The SMILES string of the molecule is Cc1ccc2c(c1)c1nnc(SC(C)C(=O)N3CC(C)OC(C)C3)nc1n2Cc1ccccc1F. The minimum absolute atomic E-state index is 0.00622. The van der Waals surface area contributed by atoms with Crippen molar-refractivity contribution < 1.29 is 13.9 Å². The van der Waals surface area contributed by atoms with Crippen LogP contribution in [0.15, 0.2) is 47.6 Å². The van der Waals surface area contributed by atoms with Crippen molar-refractivity contribution >= 4 is 39.7 Å². The summed E-state index contributed by atoms with van der Waals surface area (Å²) in [5.74, 6) is -0.234. The molecule has 3 unspecified atom stereocenters. The van der Waals surface area contributed by atoms with Gasteiger partial charge in [-0.15, -0.1) is 10.2 Å². The number of nitrogens with zero attached hydrogens (tertiary/aromatic N) is 5. The van der Waals surface area contributed by atoms with Crippen molar-refractivity contribution in [3.63, 3.8) is 0 Å². The van der Waals surface area contributed by atoms with Gasteiger partial charge in [0.15, 0.2) is 5.65 Å². The molecule has 0 radical (unpaired) electrons. The van der Waals surface area contributed by atoms with E-state index in [9.17, 15) is 9.18 Å². The van der Waals surface area contributed by atoms with Crippen LogP contribution in [0.25, 0.3) is 22.1 Å². The average Bonchev–Trinajstić information content (AvgIpc) is 3.11. The Kier molecular flexibility index (Phi) is 6.46. The number of carbonyl (C=O) groups is 1. The Labute approximate surface area is 207 Å². The molecular weight excluding hydrogens is 465 g/mol. The normalized spacial score (nSPS) is 19.4. The molecule has 35 heavy (non-hydrogen) atoms. The Morgan fingerprint density at radius 1 is 1.17 bits per heavy atom. The molecule has 1 fully saturated rings. The second-order valence-corrected chi connectivity index (χ2v) is 10.5. The number of halogens is 1. The standard InChI is InChI=1S/C26H28FN5O2S/c1-15-9-10-22-20(11-15)23-24(32(22)14-19-7-5-6-8-21(19)27)28-26(30-29-23)35-18(4)25(33)31-12-16(2)34-17(3)13-31/h5-11,16-18H,12-14H2,1-4H3. The van der Waals surface area contributed by atoms with Crippen LogP contribution in [0.2, 0.25) is 0 Å². The van der Waals surface area contributed by atoms with Crippen LogP contribution in [0.4, 0.5) is 4.39 Å². The molecule has 3 heterocycles. The Bertz CT molecular complexity index is 1400. The van der Waals surface area contributed by atoms with Gasteiger partial charge < -0.3 is 14.2 Å². The van der Waals surface area contributed by atoms with Crippen molar-refractivity contribution in [1.29, 1.82) is 0 Å². The molecule has 0 aliphatic carbocycles. The first-order valence-electron chi connectivity index (χ1n) is 11.8. The van der Waals surface area contributed by atoms with Gasteiger partial charge >= 0.3 is 0 Å². The Morgan fingerprint density at radius 3 is 2.66 bits per heavy atom. The number of fused-ring (bicyclic) bond motifs is 3. The predicted molar refractivity (Wildman–Crippen MR) is 135 cm³/mol. The summed E-state index contributed by atoms with van der Waals surface area (Å²) in [5.41, 5.74) is 3.87. The average molecular weight is 494 g/mol. The van der Waals surface area contributed by atoms with E-state index in [1.807, 2.05) is 61.4 Å². The summed E-state index contributed by atoms with van der Waals surface area (Å²) in [6.45, 7) is 9.30. The summed E-state index contributed by atoms with van der Waals surface area (Å²) in [5, 5.41) is 9.80. The monoisotopic (exact) mass is 493 g/mol. The number of benzene rings is 2. The van der Waals surface area contributed by atoms with E-state index in [1.165, 1.54) is 17.8 Å². The Morgan fingerprint density at radius 2 is 1.91 bits per heavy atom. The lowest BCUT2D eigenvalue weighted by Gasteiger charge is -2.36. The van der Waals surface area contributed by atoms with Crippen molar-refractivity contribution in [2.24, 2.45) is 0 Å². The minimum atomic E-state index is -0.376. The maximum Gasteiger partial charge on any atom is 0.236 e. The molecule has 1 amide bonds. The number of aryl methyl sites for hydroxylation is 1. The zero-order valence-corrected chi connectivity index (χ0v) is 21.1. The van der Waals surface area contributed by atoms with Gasteiger partial charge in [-0.1, -0.05) is 41.6 Å². The third-order valence-corrected chi connectivity index (χ3v) is 7.19. The lowest BCUT2D eigenvalue weighted by Crippen LogP contribution is -2.50. The first kappa shape index (κ1) is 23.7. The van der Waals surface area contributed by atoms with Crippen LogP contribution in [-0.2, 0) is 16.1 Å². The number of rotatable bonds is 5. The van der Waals surface area contributed by atoms with E-state index < -0.39 is 0 Å². The number of hydrogen-bond donors (Lipinski definition) is 0. The van der Waals surface area contributed by atoms with Gasteiger partial charge in [0.25, 0.3) is 0 Å². The topological polar surface area (TPSA) is 73.1 Å². The molecule has 0 saturated carbocycles. The van der Waals surface area contributed by atoms with Crippen LogP contribution in [-0.4, -0.2) is 61.1 Å². The maximum absolute atomic E-state index is 14.5. The van der Waals surface area contributed by atoms with Gasteiger partial charge in [0.05, 0.1) is 29.5 Å². The van der Waals surface area contributed by atoms with Crippen molar-refractivity contribution in [3.8, 4) is 0 Å². The molecule has 0 bridgehead atoms. The number of ether oxygens (including phenoxy) is 1. The molecule has 9 heteroatoms. The quantitative estimate of drug-likeness (QED) is 0.379. The Balaban J connectivity index is 1.49. The fourth-order valence-electron chi connectivity index (χ4n) is 4.69. The van der Waals surface area contributed by atoms with E-state index >= 15 is 0 Å². The van der Waals surface area contributed by atoms with Crippen LogP contribution >= 0.6 is 11.8 Å². The number of carbonyl (C=O) groups excluding carboxylic acids is 1. The number of aromatic nitrogens is 4. The van der Waals surface area contributed by atoms with Gasteiger partial charge in [-0.25, -0.2) is 9.37 Å². The fraction of sp³-hybridized carbons (Fsp3) is 0.385. The lowest BCUT2D eigenvalue weighted by atomic mass is 10.1. The van der Waals surface area contributed by atoms with Gasteiger partial charge in [0, 0.05) is 24.0 Å². The molecule has 1 saturated heterocycles. The number of thioether (sulfide) groups is 1. The molecule has 0 spiro atoms. The molecule has 4 aromatic rings. The van der Waals surface area contributed by atoms with Crippen LogP contribution < -0.4 is 0 Å². The van der Waals surface area contributed by atoms with E-state index in [0.29, 0.717) is 41.5 Å². The van der Waals surface area contributed by atoms with E-state index in [1.54, 1.807) is 12.1 Å². The highest BCUT2D eigenvalue weighted by atomic mass is 32.2. The third kappa shape index (κ3) is 4.75. The minimum Gasteiger partial charge on any atom is -0.372 e. The molecule has 182 valence electrons. The van der Waals surface area contributed by atoms with Gasteiger partial charge in [0.2, 0.25) is 11.1 Å². The molecule has 7 nitrogen and oxygen atoms in total. The summed E-state index contributed by atoms with van der Waals surface area (Å²) in [6.07, 6.45) is 0.0124. The molecule has 2 aromatic carbocycles. The van der Waals surface area contributed by atoms with Crippen LogP contribution in [0.1, 0.15) is 31.9 Å². The van der Waals surface area contributed by atoms with E-state index in [2.05, 4.69) is 10.2 Å². The summed E-state index contributed by atoms with van der Waals surface area (Å²) in [4.78, 5) is 19.8. The summed E-state index contributed by atoms with van der Waals surface area (Å²) in [7, 11) is 0.